The van der Waals surface area contributed by atoms with Gasteiger partial charge in [0.1, 0.15) is 5.69 Å². The molecule has 122 valence electrons. The van der Waals surface area contributed by atoms with Gasteiger partial charge < -0.3 is 5.32 Å². The van der Waals surface area contributed by atoms with Crippen LogP contribution in [-0.4, -0.2) is 26.4 Å². The van der Waals surface area contributed by atoms with Gasteiger partial charge in [-0.25, -0.2) is 10.4 Å². The highest BCUT2D eigenvalue weighted by molar-refractivity contribution is 7.17. The minimum Gasteiger partial charge on any atom is -0.331 e. The molecule has 10 heteroatoms. The van der Waals surface area contributed by atoms with Gasteiger partial charge in [-0.2, -0.15) is 5.10 Å². The number of hydrogen-bond donors (Lipinski definition) is 3. The molecule has 1 aromatic carbocycles. The van der Waals surface area contributed by atoms with Crippen LogP contribution in [0.3, 0.4) is 0 Å². The number of hydrogen-bond acceptors (Lipinski definition) is 8. The largest absolute Gasteiger partial charge is 0.331 e. The molecule has 0 aliphatic heterocycles. The van der Waals surface area contributed by atoms with Gasteiger partial charge in [-0.3, -0.25) is 9.78 Å². The summed E-state index contributed by atoms with van der Waals surface area (Å²) in [7, 11) is 0. The molecule has 0 amide bonds. The molecule has 3 N–H and O–H groups in total. The van der Waals surface area contributed by atoms with Gasteiger partial charge in [0.2, 0.25) is 5.95 Å². The number of hydrazone groups is 1. The Labute approximate surface area is 145 Å². The van der Waals surface area contributed by atoms with E-state index in [1.807, 2.05) is 30.3 Å². The second-order valence-electron chi connectivity index (χ2n) is 4.62. The molecule has 0 atom stereocenters. The summed E-state index contributed by atoms with van der Waals surface area (Å²) < 4.78 is 0. The highest BCUT2D eigenvalue weighted by Crippen LogP contribution is 2.27. The lowest BCUT2D eigenvalue weighted by atomic mass is 10.3. The van der Waals surface area contributed by atoms with Crippen molar-refractivity contribution in [3.05, 3.63) is 56.4 Å². The van der Waals surface area contributed by atoms with Gasteiger partial charge in [0.05, 0.1) is 11.1 Å². The minimum absolute atomic E-state index is 0.144. The average Bonchev–Trinajstić information content (AvgIpc) is 2.91. The molecule has 24 heavy (non-hydrogen) atoms. The number of aromatic amines is 1. The maximum Gasteiger partial charge on any atom is 0.274 e. The molecule has 2 heterocycles. The lowest BCUT2D eigenvalue weighted by Gasteiger charge is -2.00. The predicted molar refractivity (Wildman–Crippen MR) is 95.5 cm³/mol. The Kier molecular flexibility index (Phi) is 4.82. The summed E-state index contributed by atoms with van der Waals surface area (Å²) in [6, 6.07) is 9.64. The molecule has 0 aliphatic carbocycles. The van der Waals surface area contributed by atoms with E-state index < -0.39 is 0 Å². The van der Waals surface area contributed by atoms with Crippen molar-refractivity contribution in [1.82, 2.24) is 20.2 Å². The van der Waals surface area contributed by atoms with Crippen LogP contribution in [-0.2, 0) is 0 Å². The fourth-order valence-corrected chi connectivity index (χ4v) is 2.74. The van der Waals surface area contributed by atoms with E-state index in [-0.39, 0.29) is 17.2 Å². The van der Waals surface area contributed by atoms with Crippen LogP contribution in [0.1, 0.15) is 10.6 Å². The van der Waals surface area contributed by atoms with Crippen LogP contribution in [0.15, 0.2) is 40.2 Å². The van der Waals surface area contributed by atoms with Crippen molar-refractivity contribution in [3.63, 3.8) is 0 Å². The molecular formula is C14H12ClN7OS. The quantitative estimate of drug-likeness (QED) is 0.476. The van der Waals surface area contributed by atoms with Crippen LogP contribution in [0.5, 0.6) is 0 Å². The van der Waals surface area contributed by atoms with E-state index in [1.54, 1.807) is 6.92 Å². The summed E-state index contributed by atoms with van der Waals surface area (Å²) in [5, 5.41) is 15.6. The van der Waals surface area contributed by atoms with Crippen LogP contribution in [0.2, 0.25) is 5.15 Å². The Bertz CT molecular complexity index is 922. The number of halogens is 1. The fraction of sp³-hybridized carbons (Fsp3) is 0.0714. The van der Waals surface area contributed by atoms with Gasteiger partial charge in [-0.15, -0.1) is 10.2 Å². The molecule has 0 fully saturated rings. The third-order valence-electron chi connectivity index (χ3n) is 2.85. The number of aryl methyl sites for hydroxylation is 1. The van der Waals surface area contributed by atoms with Crippen molar-refractivity contribution in [2.45, 2.75) is 6.92 Å². The lowest BCUT2D eigenvalue weighted by molar-refractivity contribution is 0.897. The van der Waals surface area contributed by atoms with E-state index in [0.29, 0.717) is 15.2 Å². The van der Waals surface area contributed by atoms with Crippen molar-refractivity contribution in [3.8, 4) is 0 Å². The number of H-pyrrole nitrogens is 1. The maximum atomic E-state index is 11.4. The zero-order valence-corrected chi connectivity index (χ0v) is 14.0. The van der Waals surface area contributed by atoms with Crippen molar-refractivity contribution < 1.29 is 0 Å². The Morgan fingerprint density at radius 3 is 2.83 bits per heavy atom. The van der Waals surface area contributed by atoms with Crippen molar-refractivity contribution in [2.24, 2.45) is 5.10 Å². The highest BCUT2D eigenvalue weighted by Gasteiger charge is 2.07. The zero-order chi connectivity index (χ0) is 16.9. The van der Waals surface area contributed by atoms with Gasteiger partial charge in [0.25, 0.3) is 5.56 Å². The highest BCUT2D eigenvalue weighted by atomic mass is 35.5. The number of benzene rings is 1. The predicted octanol–water partition coefficient (Wildman–Crippen LogP) is 2.77. The molecule has 0 unspecified atom stereocenters. The third-order valence-corrected chi connectivity index (χ3v) is 4.15. The molecule has 2 aromatic heterocycles. The molecule has 0 saturated carbocycles. The first-order valence-electron chi connectivity index (χ1n) is 6.83. The first kappa shape index (κ1) is 16.1. The SMILES string of the molecule is Cc1nnc(N/N=C/c2sc(Nc3ccccc3)nc2Cl)[nH]c1=O. The normalized spacial score (nSPS) is 10.9. The lowest BCUT2D eigenvalue weighted by Crippen LogP contribution is -2.15. The van der Waals surface area contributed by atoms with Crippen LogP contribution in [0, 0.1) is 6.92 Å². The van der Waals surface area contributed by atoms with Crippen LogP contribution in [0.25, 0.3) is 0 Å². The minimum atomic E-state index is -0.326. The Morgan fingerprint density at radius 2 is 2.08 bits per heavy atom. The van der Waals surface area contributed by atoms with Gasteiger partial charge >= 0.3 is 0 Å². The third kappa shape index (κ3) is 3.94. The van der Waals surface area contributed by atoms with Gasteiger partial charge in [0, 0.05) is 5.69 Å². The average molecular weight is 362 g/mol. The summed E-state index contributed by atoms with van der Waals surface area (Å²) in [6.07, 6.45) is 1.50. The van der Waals surface area contributed by atoms with E-state index in [0.717, 1.165) is 5.69 Å². The summed E-state index contributed by atoms with van der Waals surface area (Å²) in [5.74, 6) is 0.144. The van der Waals surface area contributed by atoms with E-state index in [1.165, 1.54) is 17.6 Å². The second kappa shape index (κ2) is 7.20. The summed E-state index contributed by atoms with van der Waals surface area (Å²) in [5.41, 5.74) is 3.46. The molecule has 0 radical (unpaired) electrons. The Hall–Kier alpha value is -2.78. The van der Waals surface area contributed by atoms with Crippen LogP contribution < -0.4 is 16.3 Å². The molecule has 3 rings (SSSR count). The monoisotopic (exact) mass is 361 g/mol. The molecule has 8 nitrogen and oxygen atoms in total. The summed E-state index contributed by atoms with van der Waals surface area (Å²) in [6.45, 7) is 1.57. The molecule has 0 spiro atoms. The number of nitrogens with zero attached hydrogens (tertiary/aromatic N) is 4. The smallest absolute Gasteiger partial charge is 0.274 e. The van der Waals surface area contributed by atoms with Crippen molar-refractivity contribution in [1.29, 1.82) is 0 Å². The maximum absolute atomic E-state index is 11.4. The first-order valence-corrected chi connectivity index (χ1v) is 8.02. The van der Waals surface area contributed by atoms with Crippen LogP contribution >= 0.6 is 22.9 Å². The Balaban J connectivity index is 1.68. The molecular weight excluding hydrogens is 350 g/mol. The van der Waals surface area contributed by atoms with Crippen molar-refractivity contribution >= 4 is 45.9 Å². The van der Waals surface area contributed by atoms with Gasteiger partial charge in [-0.1, -0.05) is 41.1 Å². The number of rotatable bonds is 5. The number of thiazole rings is 1. The summed E-state index contributed by atoms with van der Waals surface area (Å²) >= 11 is 7.44. The molecule has 0 bridgehead atoms. The molecule has 0 saturated heterocycles. The van der Waals surface area contributed by atoms with E-state index >= 15 is 0 Å². The number of aromatic nitrogens is 4. The fourth-order valence-electron chi connectivity index (χ4n) is 1.69. The van der Waals surface area contributed by atoms with Gasteiger partial charge in [-0.05, 0) is 19.1 Å². The topological polar surface area (TPSA) is 108 Å². The Morgan fingerprint density at radius 1 is 1.29 bits per heavy atom. The van der Waals surface area contributed by atoms with Gasteiger partial charge in [0.15, 0.2) is 10.3 Å². The standard InChI is InChI=1S/C14H12ClN7OS/c1-8-12(23)19-13(22-20-8)21-16-7-10-11(15)18-14(24-10)17-9-5-3-2-4-6-9/h2-7H,1H3,(H,17,18)(H2,19,21,22,23)/b16-7+. The molecule has 3 aromatic rings. The van der Waals surface area contributed by atoms with Crippen LogP contribution in [0.4, 0.5) is 16.8 Å². The zero-order valence-electron chi connectivity index (χ0n) is 12.4. The van der Waals surface area contributed by atoms with E-state index in [4.69, 9.17) is 11.6 Å². The number of anilines is 3. The number of para-hydroxylation sites is 1. The molecule has 0 aliphatic rings. The van der Waals surface area contributed by atoms with E-state index in [9.17, 15) is 4.79 Å². The summed E-state index contributed by atoms with van der Waals surface area (Å²) in [4.78, 5) is 18.8. The van der Waals surface area contributed by atoms with E-state index in [2.05, 4.69) is 36.0 Å². The number of nitrogens with one attached hydrogen (secondary N) is 3. The van der Waals surface area contributed by atoms with Crippen molar-refractivity contribution in [2.75, 3.05) is 10.7 Å². The second-order valence-corrected chi connectivity index (χ2v) is 6.01. The first-order chi connectivity index (χ1) is 11.6.